The van der Waals surface area contributed by atoms with Gasteiger partial charge in [-0.25, -0.2) is 4.39 Å². The highest BCUT2D eigenvalue weighted by Crippen LogP contribution is 2.33. The first-order valence-electron chi connectivity index (χ1n) is 9.25. The molecule has 2 atom stereocenters. The molecule has 6 nitrogen and oxygen atoms in total. The Labute approximate surface area is 162 Å². The first-order chi connectivity index (χ1) is 13.5. The van der Waals surface area contributed by atoms with Crippen molar-refractivity contribution < 1.29 is 28.4 Å². The van der Waals surface area contributed by atoms with E-state index in [-0.39, 0.29) is 11.6 Å². The van der Waals surface area contributed by atoms with Gasteiger partial charge in [-0.1, -0.05) is 0 Å². The fraction of sp³-hybridized carbons (Fsp3) is 0.333. The first-order valence-corrected chi connectivity index (χ1v) is 9.25. The zero-order chi connectivity index (χ0) is 19.8. The third-order valence-corrected chi connectivity index (χ3v) is 5.59. The number of anilines is 1. The molecule has 0 saturated carbocycles. The first kappa shape index (κ1) is 18.4. The van der Waals surface area contributed by atoms with Crippen LogP contribution in [0.3, 0.4) is 0 Å². The van der Waals surface area contributed by atoms with Crippen LogP contribution in [0.5, 0.6) is 11.5 Å². The highest BCUT2D eigenvalue weighted by atomic mass is 19.1. The highest BCUT2D eigenvalue weighted by molar-refractivity contribution is 6.52. The largest absolute Gasteiger partial charge is 0.497 e. The van der Waals surface area contributed by atoms with Gasteiger partial charge in [-0.05, 0) is 30.3 Å². The number of benzene rings is 2. The summed E-state index contributed by atoms with van der Waals surface area (Å²) in [6, 6.07) is 9.80. The van der Waals surface area contributed by atoms with Crippen LogP contribution in [0.4, 0.5) is 10.1 Å². The number of carbonyl (C=O) groups excluding carboxylic acids is 2. The molecule has 2 aromatic rings. The molecule has 1 unspecified atom stereocenters. The molecule has 1 N–H and O–H groups in total. The van der Waals surface area contributed by atoms with Crippen molar-refractivity contribution in [2.24, 2.45) is 0 Å². The van der Waals surface area contributed by atoms with Crippen molar-refractivity contribution in [1.29, 1.82) is 0 Å². The molecule has 2 aliphatic heterocycles. The van der Waals surface area contributed by atoms with Crippen LogP contribution in [-0.4, -0.2) is 39.1 Å². The lowest BCUT2D eigenvalue weighted by Gasteiger charge is -2.27. The Morgan fingerprint density at radius 2 is 1.96 bits per heavy atom. The number of hydrogen-bond donors (Lipinski definition) is 1. The highest BCUT2D eigenvalue weighted by Gasteiger charge is 2.41. The molecule has 2 aliphatic rings. The van der Waals surface area contributed by atoms with E-state index >= 15 is 0 Å². The molecule has 146 valence electrons. The second-order valence-electron chi connectivity index (χ2n) is 7.09. The molecule has 4 rings (SSSR count). The van der Waals surface area contributed by atoms with Crippen molar-refractivity contribution >= 4 is 17.4 Å². The van der Waals surface area contributed by atoms with Gasteiger partial charge in [0.25, 0.3) is 5.78 Å². The Morgan fingerprint density at radius 3 is 2.71 bits per heavy atom. The molecule has 0 aromatic heterocycles. The van der Waals surface area contributed by atoms with E-state index in [0.717, 1.165) is 42.5 Å². The number of carbonyl (C=O) groups is 2. The predicted molar refractivity (Wildman–Crippen MR) is 100 cm³/mol. The van der Waals surface area contributed by atoms with Crippen molar-refractivity contribution in [3.05, 3.63) is 53.3 Å². The lowest BCUT2D eigenvalue weighted by atomic mass is 10.0. The van der Waals surface area contributed by atoms with Crippen LogP contribution in [0.15, 0.2) is 36.4 Å². The van der Waals surface area contributed by atoms with E-state index in [2.05, 4.69) is 0 Å². The summed E-state index contributed by atoms with van der Waals surface area (Å²) in [5, 5.41) is 0. The molecule has 7 heteroatoms. The topological polar surface area (TPSA) is 60.3 Å². The summed E-state index contributed by atoms with van der Waals surface area (Å²) in [5.74, 6) is -0.297. The van der Waals surface area contributed by atoms with Gasteiger partial charge in [-0.3, -0.25) is 14.5 Å². The van der Waals surface area contributed by atoms with Crippen molar-refractivity contribution in [1.82, 2.24) is 0 Å². The van der Waals surface area contributed by atoms with Crippen molar-refractivity contribution in [3.63, 3.8) is 0 Å². The molecule has 0 spiro atoms. The maximum atomic E-state index is 13.5. The average Bonchev–Trinajstić information content (AvgIpc) is 3.26. The van der Waals surface area contributed by atoms with E-state index in [1.807, 2.05) is 18.2 Å². The molecule has 28 heavy (non-hydrogen) atoms. The third-order valence-electron chi connectivity index (χ3n) is 5.59. The fourth-order valence-corrected chi connectivity index (χ4v) is 4.22. The summed E-state index contributed by atoms with van der Waals surface area (Å²) in [5.41, 5.74) is 1.67. The molecule has 2 heterocycles. The molecule has 0 bridgehead atoms. The van der Waals surface area contributed by atoms with Gasteiger partial charge in [0, 0.05) is 18.9 Å². The number of nitrogens with zero attached hydrogens (tertiary/aromatic N) is 1. The van der Waals surface area contributed by atoms with E-state index in [0.29, 0.717) is 12.4 Å². The standard InChI is InChI=1S/C21H21FN2O4/c1-27-14-6-7-15(19(11-14)28-2)17-4-3-9-23(17)12-24-18-8-5-13(22)10-16(18)20(25)21(24)26/h5-8,10-11,17H,3-4,9,12H2,1-2H3/p+1/t17-/m0/s1. The van der Waals surface area contributed by atoms with Crippen LogP contribution in [0.1, 0.15) is 34.8 Å². The molecule has 0 aliphatic carbocycles. The van der Waals surface area contributed by atoms with E-state index in [1.54, 1.807) is 14.2 Å². The summed E-state index contributed by atoms with van der Waals surface area (Å²) in [7, 11) is 3.23. The smallest absolute Gasteiger partial charge is 0.303 e. The number of likely N-dealkylation sites (tertiary alicyclic amines) is 1. The zero-order valence-electron chi connectivity index (χ0n) is 15.8. The predicted octanol–water partition coefficient (Wildman–Crippen LogP) is 1.75. The van der Waals surface area contributed by atoms with Crippen molar-refractivity contribution in [3.8, 4) is 11.5 Å². The number of quaternary nitrogens is 1. The number of halogens is 1. The minimum Gasteiger partial charge on any atom is -0.497 e. The van der Waals surface area contributed by atoms with Gasteiger partial charge in [-0.2, -0.15) is 0 Å². The minimum atomic E-state index is -0.647. The minimum absolute atomic E-state index is 0.133. The number of rotatable bonds is 5. The van der Waals surface area contributed by atoms with Gasteiger partial charge in [-0.15, -0.1) is 0 Å². The summed E-state index contributed by atoms with van der Waals surface area (Å²) < 4.78 is 24.3. The summed E-state index contributed by atoms with van der Waals surface area (Å²) >= 11 is 0. The lowest BCUT2D eigenvalue weighted by molar-refractivity contribution is -0.917. The van der Waals surface area contributed by atoms with Crippen LogP contribution in [0.25, 0.3) is 0 Å². The molecule has 1 saturated heterocycles. The van der Waals surface area contributed by atoms with E-state index in [9.17, 15) is 14.0 Å². The maximum absolute atomic E-state index is 13.5. The second-order valence-corrected chi connectivity index (χ2v) is 7.09. The monoisotopic (exact) mass is 385 g/mol. The molecule has 1 amide bonds. The lowest BCUT2D eigenvalue weighted by Crippen LogP contribution is -3.12. The Kier molecular flexibility index (Phi) is 4.77. The van der Waals surface area contributed by atoms with Crippen LogP contribution in [-0.2, 0) is 4.79 Å². The van der Waals surface area contributed by atoms with Gasteiger partial charge < -0.3 is 14.4 Å². The fourth-order valence-electron chi connectivity index (χ4n) is 4.22. The Morgan fingerprint density at radius 1 is 1.14 bits per heavy atom. The summed E-state index contributed by atoms with van der Waals surface area (Å²) in [6.07, 6.45) is 1.95. The number of Topliss-reactive ketones (excluding diaryl/α,β-unsaturated/α-hetero) is 1. The average molecular weight is 385 g/mol. The third kappa shape index (κ3) is 3.01. The van der Waals surface area contributed by atoms with E-state index in [1.165, 1.54) is 21.9 Å². The van der Waals surface area contributed by atoms with Gasteiger partial charge in [0.1, 0.15) is 23.4 Å². The molecular weight excluding hydrogens is 363 g/mol. The van der Waals surface area contributed by atoms with Crippen LogP contribution in [0, 0.1) is 5.82 Å². The number of ketones is 1. The van der Waals surface area contributed by atoms with Crippen molar-refractivity contribution in [2.45, 2.75) is 18.9 Å². The van der Waals surface area contributed by atoms with Gasteiger partial charge >= 0.3 is 5.91 Å². The van der Waals surface area contributed by atoms with Crippen LogP contribution in [0.2, 0.25) is 0 Å². The molecule has 1 fully saturated rings. The number of nitrogens with one attached hydrogen (secondary N) is 1. The van der Waals surface area contributed by atoms with Gasteiger partial charge in [0.05, 0.1) is 37.6 Å². The summed E-state index contributed by atoms with van der Waals surface area (Å²) in [4.78, 5) is 27.4. The zero-order valence-corrected chi connectivity index (χ0v) is 15.8. The SMILES string of the molecule is COc1ccc([C@@H]2CCC[NH+]2CN2C(=O)C(=O)c3cc(F)ccc32)c(OC)c1. The van der Waals surface area contributed by atoms with Crippen LogP contribution >= 0.6 is 0 Å². The Hall–Kier alpha value is -2.93. The Bertz CT molecular complexity index is 946. The Balaban J connectivity index is 1.62. The van der Waals surface area contributed by atoms with Crippen molar-refractivity contribution in [2.75, 3.05) is 32.3 Å². The second kappa shape index (κ2) is 7.24. The number of fused-ring (bicyclic) bond motifs is 1. The number of hydrogen-bond acceptors (Lipinski definition) is 4. The number of ether oxygens (including phenoxy) is 2. The van der Waals surface area contributed by atoms with Gasteiger partial charge in [0.15, 0.2) is 6.67 Å². The molecule has 0 radical (unpaired) electrons. The normalized spacial score (nSPS) is 21.2. The van der Waals surface area contributed by atoms with Crippen LogP contribution < -0.4 is 19.3 Å². The summed E-state index contributed by atoms with van der Waals surface area (Å²) in [6.45, 7) is 1.22. The maximum Gasteiger partial charge on any atom is 0.303 e. The van der Waals surface area contributed by atoms with E-state index in [4.69, 9.17) is 9.47 Å². The number of methoxy groups -OCH3 is 2. The van der Waals surface area contributed by atoms with E-state index < -0.39 is 17.5 Å². The molecular formula is C21H22FN2O4+. The number of amides is 1. The quantitative estimate of drug-likeness (QED) is 0.797. The van der Waals surface area contributed by atoms with Gasteiger partial charge in [0.2, 0.25) is 0 Å². The molecule has 2 aromatic carbocycles.